The quantitative estimate of drug-likeness (QED) is 0.602. The number of hydrogen-bond acceptors (Lipinski definition) is 6. The molecule has 0 aliphatic carbocycles. The molecule has 2 saturated heterocycles. The highest BCUT2D eigenvalue weighted by atomic mass is 16.6. The number of likely N-dealkylation sites (tertiary alicyclic amines) is 2. The van der Waals surface area contributed by atoms with Crippen LogP contribution in [0.1, 0.15) is 39.5 Å². The summed E-state index contributed by atoms with van der Waals surface area (Å²) in [5, 5.41) is 14.3. The van der Waals surface area contributed by atoms with Crippen molar-refractivity contribution in [2.24, 2.45) is 0 Å². The Balaban J connectivity index is 1.61. The second-order valence-electron chi connectivity index (χ2n) is 6.86. The summed E-state index contributed by atoms with van der Waals surface area (Å²) >= 11 is 0. The number of piperidine rings is 1. The van der Waals surface area contributed by atoms with Crippen molar-refractivity contribution in [2.75, 3.05) is 13.1 Å². The molecule has 1 amide bonds. The van der Waals surface area contributed by atoms with Crippen LogP contribution in [0.25, 0.3) is 0 Å². The largest absolute Gasteiger partial charge is 0.490 e. The van der Waals surface area contributed by atoms with E-state index in [2.05, 4.69) is 28.8 Å². The zero-order chi connectivity index (χ0) is 17.3. The fourth-order valence-corrected chi connectivity index (χ4v) is 4.04. The lowest BCUT2D eigenvalue weighted by atomic mass is 10.0. The molecule has 9 heteroatoms. The molecule has 0 N–H and O–H groups in total. The van der Waals surface area contributed by atoms with E-state index >= 15 is 0 Å². The normalized spacial score (nSPS) is 28.2. The minimum Gasteiger partial charge on any atom is -0.390 e. The minimum absolute atomic E-state index is 0.00132. The Morgan fingerprint density at radius 3 is 2.67 bits per heavy atom. The average Bonchev–Trinajstić information content (AvgIpc) is 3.14. The highest BCUT2D eigenvalue weighted by molar-refractivity contribution is 5.76. The predicted octanol–water partition coefficient (Wildman–Crippen LogP) is 1.05. The van der Waals surface area contributed by atoms with E-state index in [1.807, 2.05) is 4.90 Å². The number of nitrogens with zero attached hydrogens (tertiary/aromatic N) is 6. The smallest absolute Gasteiger partial charge is 0.390 e. The van der Waals surface area contributed by atoms with Gasteiger partial charge in [-0.15, -0.1) is 0 Å². The highest BCUT2D eigenvalue weighted by Gasteiger charge is 2.36. The first kappa shape index (κ1) is 16.8. The third kappa shape index (κ3) is 3.40. The van der Waals surface area contributed by atoms with Crippen molar-refractivity contribution in [3.8, 4) is 0 Å². The van der Waals surface area contributed by atoms with E-state index in [0.717, 1.165) is 25.9 Å². The van der Waals surface area contributed by atoms with Gasteiger partial charge in [0.2, 0.25) is 12.2 Å². The van der Waals surface area contributed by atoms with Crippen molar-refractivity contribution in [1.29, 1.82) is 0 Å². The van der Waals surface area contributed by atoms with Crippen molar-refractivity contribution in [2.45, 2.75) is 64.2 Å². The fourth-order valence-electron chi connectivity index (χ4n) is 4.04. The molecule has 9 nitrogen and oxygen atoms in total. The van der Waals surface area contributed by atoms with Crippen molar-refractivity contribution in [3.05, 3.63) is 16.4 Å². The van der Waals surface area contributed by atoms with Gasteiger partial charge >= 0.3 is 5.95 Å². The molecule has 0 saturated carbocycles. The molecular formula is C15H24N6O3. The molecule has 0 aromatic carbocycles. The molecular weight excluding hydrogens is 312 g/mol. The number of carbonyl (C=O) groups is 1. The van der Waals surface area contributed by atoms with Crippen molar-refractivity contribution >= 4 is 11.9 Å². The van der Waals surface area contributed by atoms with E-state index in [1.54, 1.807) is 0 Å². The molecule has 0 radical (unpaired) electrons. The molecule has 0 bridgehead atoms. The molecule has 2 aliphatic heterocycles. The van der Waals surface area contributed by atoms with E-state index in [1.165, 1.54) is 23.9 Å². The molecule has 3 heterocycles. The molecule has 2 fully saturated rings. The van der Waals surface area contributed by atoms with Crippen LogP contribution in [0.15, 0.2) is 6.33 Å². The molecule has 132 valence electrons. The first-order chi connectivity index (χ1) is 11.5. The first-order valence-corrected chi connectivity index (χ1v) is 8.54. The van der Waals surface area contributed by atoms with Gasteiger partial charge in [0.25, 0.3) is 0 Å². The van der Waals surface area contributed by atoms with E-state index in [-0.39, 0.29) is 12.5 Å². The fraction of sp³-hybridized carbons (Fsp3) is 0.800. The van der Waals surface area contributed by atoms with Crippen molar-refractivity contribution < 1.29 is 9.72 Å². The summed E-state index contributed by atoms with van der Waals surface area (Å²) in [4.78, 5) is 30.5. The third-order valence-corrected chi connectivity index (χ3v) is 5.18. The van der Waals surface area contributed by atoms with Crippen LogP contribution < -0.4 is 0 Å². The Hall–Kier alpha value is -2.03. The van der Waals surface area contributed by atoms with Crippen molar-refractivity contribution in [1.82, 2.24) is 24.6 Å². The summed E-state index contributed by atoms with van der Waals surface area (Å²) in [6.07, 6.45) is 5.78. The Bertz CT molecular complexity index is 608. The lowest BCUT2D eigenvalue weighted by Gasteiger charge is -2.41. The summed E-state index contributed by atoms with van der Waals surface area (Å²) in [6.45, 7) is 5.99. The zero-order valence-electron chi connectivity index (χ0n) is 14.2. The Morgan fingerprint density at radius 2 is 2.04 bits per heavy atom. The summed E-state index contributed by atoms with van der Waals surface area (Å²) in [6, 6.07) is 1.54. The Morgan fingerprint density at radius 1 is 1.33 bits per heavy atom. The van der Waals surface area contributed by atoms with Crippen LogP contribution in [0, 0.1) is 10.1 Å². The SMILES string of the molecule is CC1CCC(C)N1C1CCCN(C(=O)Cn2cnc([N+](=O)[O-])n2)C1. The predicted molar refractivity (Wildman–Crippen MR) is 86.3 cm³/mol. The van der Waals surface area contributed by atoms with E-state index in [4.69, 9.17) is 0 Å². The van der Waals surface area contributed by atoms with Gasteiger partial charge in [-0.1, -0.05) is 4.98 Å². The maximum atomic E-state index is 12.5. The number of nitro groups is 1. The summed E-state index contributed by atoms with van der Waals surface area (Å²) in [5.74, 6) is -0.530. The van der Waals surface area contributed by atoms with E-state index in [9.17, 15) is 14.9 Å². The van der Waals surface area contributed by atoms with E-state index in [0.29, 0.717) is 18.1 Å². The van der Waals surface area contributed by atoms with Crippen molar-refractivity contribution in [3.63, 3.8) is 0 Å². The van der Waals surface area contributed by atoms with Gasteiger partial charge < -0.3 is 15.0 Å². The van der Waals surface area contributed by atoms with Crippen LogP contribution in [-0.4, -0.2) is 66.6 Å². The second kappa shape index (κ2) is 6.84. The standard InChI is InChI=1S/C15H24N6O3/c1-11-5-6-12(2)20(11)13-4-3-7-18(8-13)14(22)9-19-10-16-15(17-19)21(23)24/h10-13H,3-9H2,1-2H3. The molecule has 3 rings (SSSR count). The molecule has 3 unspecified atom stereocenters. The first-order valence-electron chi connectivity index (χ1n) is 8.54. The summed E-state index contributed by atoms with van der Waals surface area (Å²) in [5.41, 5.74) is 0. The molecule has 1 aromatic rings. The van der Waals surface area contributed by atoms with Crippen LogP contribution in [0.2, 0.25) is 0 Å². The number of rotatable bonds is 4. The van der Waals surface area contributed by atoms with Gasteiger partial charge in [0.05, 0.1) is 0 Å². The topological polar surface area (TPSA) is 97.4 Å². The van der Waals surface area contributed by atoms with Gasteiger partial charge in [-0.05, 0) is 44.5 Å². The van der Waals surface area contributed by atoms with Crippen LogP contribution in [-0.2, 0) is 11.3 Å². The lowest BCUT2D eigenvalue weighted by Crippen LogP contribution is -2.53. The van der Waals surface area contributed by atoms with Gasteiger partial charge in [-0.25, -0.2) is 0 Å². The molecule has 3 atom stereocenters. The van der Waals surface area contributed by atoms with Gasteiger partial charge in [0.15, 0.2) is 0 Å². The zero-order valence-corrected chi connectivity index (χ0v) is 14.2. The summed E-state index contributed by atoms with van der Waals surface area (Å²) < 4.78 is 1.24. The van der Waals surface area contributed by atoms with Gasteiger partial charge in [-0.3, -0.25) is 9.69 Å². The molecule has 0 spiro atoms. The number of amides is 1. The minimum atomic E-state index is -0.659. The van der Waals surface area contributed by atoms with Crippen LogP contribution in [0.5, 0.6) is 0 Å². The van der Waals surface area contributed by atoms with Gasteiger partial charge in [0.1, 0.15) is 6.54 Å². The van der Waals surface area contributed by atoms with Gasteiger partial charge in [0, 0.05) is 36.3 Å². The monoisotopic (exact) mass is 336 g/mol. The van der Waals surface area contributed by atoms with Crippen LogP contribution in [0.3, 0.4) is 0 Å². The van der Waals surface area contributed by atoms with Crippen LogP contribution in [0.4, 0.5) is 5.95 Å². The highest BCUT2D eigenvalue weighted by Crippen LogP contribution is 2.29. The third-order valence-electron chi connectivity index (χ3n) is 5.18. The Kier molecular flexibility index (Phi) is 4.79. The number of hydrogen-bond donors (Lipinski definition) is 0. The molecule has 2 aliphatic rings. The van der Waals surface area contributed by atoms with Gasteiger partial charge in [-0.2, -0.15) is 4.68 Å². The lowest BCUT2D eigenvalue weighted by molar-refractivity contribution is -0.394. The second-order valence-corrected chi connectivity index (χ2v) is 6.86. The maximum Gasteiger partial charge on any atom is 0.490 e. The van der Waals surface area contributed by atoms with E-state index < -0.39 is 10.9 Å². The Labute approximate surface area is 140 Å². The van der Waals surface area contributed by atoms with Crippen LogP contribution >= 0.6 is 0 Å². The summed E-state index contributed by atoms with van der Waals surface area (Å²) in [7, 11) is 0. The number of aromatic nitrogens is 3. The number of carbonyl (C=O) groups excluding carboxylic acids is 1. The average molecular weight is 336 g/mol. The molecule has 24 heavy (non-hydrogen) atoms. The molecule has 1 aromatic heterocycles. The maximum absolute atomic E-state index is 12.5.